The van der Waals surface area contributed by atoms with Crippen LogP contribution in [-0.4, -0.2) is 58.1 Å². The molecular weight excluding hydrogens is 487 g/mol. The molecule has 16 nitrogen and oxygen atoms in total. The zero-order valence-electron chi connectivity index (χ0n) is 15.7. The number of ether oxygens (including phenoxy) is 1. The van der Waals surface area contributed by atoms with Crippen molar-refractivity contribution in [3.8, 4) is 0 Å². The third kappa shape index (κ3) is 5.69. The molecule has 176 valence electrons. The maximum Gasteiger partial charge on any atom is 0.490 e. The summed E-state index contributed by atoms with van der Waals surface area (Å²) in [6.45, 7) is 0.512. The zero-order valence-corrected chi connectivity index (χ0v) is 18.4. The molecule has 0 radical (unpaired) electrons. The minimum atomic E-state index is -5.67. The van der Waals surface area contributed by atoms with E-state index in [2.05, 4.69) is 18.1 Å². The van der Waals surface area contributed by atoms with E-state index in [-0.39, 0.29) is 12.2 Å². The van der Waals surface area contributed by atoms with Crippen molar-refractivity contribution < 1.29 is 56.3 Å². The second kappa shape index (κ2) is 7.80. The maximum absolute atomic E-state index is 12.0. The van der Waals surface area contributed by atoms with Crippen LogP contribution in [0.3, 0.4) is 0 Å². The Morgan fingerprint density at radius 1 is 1.23 bits per heavy atom. The van der Waals surface area contributed by atoms with Crippen LogP contribution < -0.4 is 11.4 Å². The van der Waals surface area contributed by atoms with E-state index in [0.717, 1.165) is 0 Å². The molecule has 7 N–H and O–H groups in total. The highest BCUT2D eigenvalue weighted by atomic mass is 31.3. The normalized spacial score (nSPS) is 34.4. The predicted molar refractivity (Wildman–Crippen MR) is 99.2 cm³/mol. The van der Waals surface area contributed by atoms with Crippen LogP contribution in [0.15, 0.2) is 17.1 Å². The number of nitrogens with zero attached hydrogens (tertiary/aromatic N) is 2. The summed E-state index contributed by atoms with van der Waals surface area (Å²) in [5.74, 6) is 0.0316. The van der Waals surface area contributed by atoms with E-state index < -0.39 is 59.1 Å². The number of nitrogen functional groups attached to an aromatic ring is 1. The number of aliphatic hydroxyl groups excluding tert-OH is 1. The Labute approximate surface area is 174 Å². The van der Waals surface area contributed by atoms with Gasteiger partial charge in [0.25, 0.3) is 0 Å². The lowest BCUT2D eigenvalue weighted by Crippen LogP contribution is -2.41. The summed E-state index contributed by atoms with van der Waals surface area (Å²) in [7, 11) is -16.6. The Balaban J connectivity index is 1.66. The standard InChI is InChI=1S/C12H20N3O13P3/c1-11(6-25-30(21,22)28-31(23,24)27-29(18,19)20)8(16)5-12(26-11)4-7(12)15-3-2-9(13)14-10(15)17/h2-3,7-8,16H,4-6H2,1H3,(H,21,22)(H,23,24)(H2,13,14,17)(H2,18,19,20)/t7?,8-,11+,12?/m0/s1. The molecule has 2 heterocycles. The monoisotopic (exact) mass is 507 g/mol. The number of phosphoric ester groups is 1. The molecule has 2 fully saturated rings. The summed E-state index contributed by atoms with van der Waals surface area (Å²) in [6, 6.07) is 0.920. The first-order chi connectivity index (χ1) is 14.0. The average molecular weight is 507 g/mol. The van der Waals surface area contributed by atoms with Crippen molar-refractivity contribution in [3.05, 3.63) is 22.7 Å². The van der Waals surface area contributed by atoms with Gasteiger partial charge in [-0.05, 0) is 13.0 Å². The van der Waals surface area contributed by atoms with E-state index in [1.165, 1.54) is 23.8 Å². The Bertz CT molecular complexity index is 1070. The van der Waals surface area contributed by atoms with Crippen molar-refractivity contribution in [1.82, 2.24) is 9.55 Å². The van der Waals surface area contributed by atoms with Crippen molar-refractivity contribution >= 4 is 29.3 Å². The first-order valence-corrected chi connectivity index (χ1v) is 13.0. The van der Waals surface area contributed by atoms with Crippen LogP contribution in [-0.2, 0) is 31.6 Å². The number of rotatable bonds is 8. The molecular formula is C12H20N3O13P3. The van der Waals surface area contributed by atoms with E-state index >= 15 is 0 Å². The van der Waals surface area contributed by atoms with Gasteiger partial charge in [-0.3, -0.25) is 9.09 Å². The Morgan fingerprint density at radius 2 is 1.87 bits per heavy atom. The van der Waals surface area contributed by atoms with Gasteiger partial charge in [0.05, 0.1) is 24.4 Å². The fraction of sp³-hybridized carbons (Fsp3) is 0.667. The van der Waals surface area contributed by atoms with Gasteiger partial charge in [-0.2, -0.15) is 13.6 Å². The summed E-state index contributed by atoms with van der Waals surface area (Å²) in [6.07, 6.45) is 0.536. The van der Waals surface area contributed by atoms with E-state index in [1.54, 1.807) is 0 Å². The van der Waals surface area contributed by atoms with Crippen LogP contribution in [0.2, 0.25) is 0 Å². The van der Waals surface area contributed by atoms with Gasteiger partial charge >= 0.3 is 29.2 Å². The lowest BCUT2D eigenvalue weighted by molar-refractivity contribution is -0.107. The second-order valence-electron chi connectivity index (χ2n) is 7.33. The van der Waals surface area contributed by atoms with Gasteiger partial charge in [0, 0.05) is 19.0 Å². The predicted octanol–water partition coefficient (Wildman–Crippen LogP) is -0.608. The summed E-state index contributed by atoms with van der Waals surface area (Å²) in [5.41, 5.74) is 2.25. The molecule has 4 unspecified atom stereocenters. The fourth-order valence-electron chi connectivity index (χ4n) is 3.37. The highest BCUT2D eigenvalue weighted by Crippen LogP contribution is 2.67. The van der Waals surface area contributed by atoms with Gasteiger partial charge in [-0.25, -0.2) is 18.5 Å². The quantitative estimate of drug-likeness (QED) is 0.240. The SMILES string of the molecule is C[C@]1(COP(=O)(O)OP(=O)(O)OP(=O)(O)O)OC2(CC2n2ccc(N)nc2=O)C[C@@H]1O. The number of aliphatic hydroxyl groups is 1. The lowest BCUT2D eigenvalue weighted by Gasteiger charge is -2.28. The topological polar surface area (TPSA) is 250 Å². The van der Waals surface area contributed by atoms with Crippen LogP contribution in [0.4, 0.5) is 5.82 Å². The van der Waals surface area contributed by atoms with Crippen molar-refractivity contribution in [2.45, 2.75) is 43.1 Å². The van der Waals surface area contributed by atoms with E-state index in [0.29, 0.717) is 6.42 Å². The minimum absolute atomic E-state index is 0.0316. The minimum Gasteiger partial charge on any atom is -0.390 e. The first-order valence-electron chi connectivity index (χ1n) is 8.47. The van der Waals surface area contributed by atoms with Gasteiger partial charge < -0.3 is 35.2 Å². The highest BCUT2D eigenvalue weighted by molar-refractivity contribution is 7.66. The summed E-state index contributed by atoms with van der Waals surface area (Å²) >= 11 is 0. The number of nitrogens with two attached hydrogens (primary N) is 1. The zero-order chi connectivity index (χ0) is 23.5. The summed E-state index contributed by atoms with van der Waals surface area (Å²) < 4.78 is 52.9. The lowest BCUT2D eigenvalue weighted by atomic mass is 9.99. The third-order valence-corrected chi connectivity index (χ3v) is 8.57. The molecule has 3 rings (SSSR count). The molecule has 19 heteroatoms. The summed E-state index contributed by atoms with van der Waals surface area (Å²) in [5, 5.41) is 10.4. The smallest absolute Gasteiger partial charge is 0.390 e. The molecule has 1 saturated heterocycles. The van der Waals surface area contributed by atoms with E-state index in [4.69, 9.17) is 20.3 Å². The van der Waals surface area contributed by atoms with Crippen molar-refractivity contribution in [2.75, 3.05) is 12.3 Å². The second-order valence-corrected chi connectivity index (χ2v) is 11.7. The number of aromatic nitrogens is 2. The molecule has 1 spiro atoms. The van der Waals surface area contributed by atoms with Crippen molar-refractivity contribution in [2.24, 2.45) is 0 Å². The van der Waals surface area contributed by atoms with Gasteiger partial charge in [-0.1, -0.05) is 0 Å². The van der Waals surface area contributed by atoms with Gasteiger partial charge in [0.15, 0.2) is 0 Å². The summed E-state index contributed by atoms with van der Waals surface area (Å²) in [4.78, 5) is 51.4. The van der Waals surface area contributed by atoms with Crippen LogP contribution in [0, 0.1) is 0 Å². The molecule has 1 aromatic rings. The Kier molecular flexibility index (Phi) is 6.20. The molecule has 1 saturated carbocycles. The van der Waals surface area contributed by atoms with E-state index in [9.17, 15) is 33.4 Å². The van der Waals surface area contributed by atoms with Gasteiger partial charge in [0.1, 0.15) is 11.4 Å². The Morgan fingerprint density at radius 3 is 2.45 bits per heavy atom. The number of phosphoric acid groups is 3. The molecule has 1 aliphatic carbocycles. The molecule has 0 aromatic carbocycles. The first kappa shape index (κ1) is 24.6. The van der Waals surface area contributed by atoms with Gasteiger partial charge in [-0.15, -0.1) is 0 Å². The maximum atomic E-state index is 12.0. The Hall–Kier alpha value is -0.990. The van der Waals surface area contributed by atoms with Crippen molar-refractivity contribution in [3.63, 3.8) is 0 Å². The molecule has 2 aliphatic rings. The van der Waals surface area contributed by atoms with Gasteiger partial charge in [0.2, 0.25) is 0 Å². The molecule has 0 bridgehead atoms. The van der Waals surface area contributed by atoms with Crippen LogP contribution in [0.25, 0.3) is 0 Å². The van der Waals surface area contributed by atoms with E-state index in [1.807, 2.05) is 0 Å². The third-order valence-electron chi connectivity index (χ3n) is 4.78. The van der Waals surface area contributed by atoms with Crippen LogP contribution in [0.1, 0.15) is 25.8 Å². The molecule has 1 aromatic heterocycles. The number of hydrogen-bond acceptors (Lipinski definition) is 11. The average Bonchev–Trinajstić information content (AvgIpc) is 3.14. The molecule has 1 aliphatic heterocycles. The molecule has 31 heavy (non-hydrogen) atoms. The largest absolute Gasteiger partial charge is 0.490 e. The van der Waals surface area contributed by atoms with Crippen LogP contribution in [0.5, 0.6) is 0 Å². The fourth-order valence-corrected chi connectivity index (χ4v) is 6.48. The number of anilines is 1. The van der Waals surface area contributed by atoms with Crippen LogP contribution >= 0.6 is 23.5 Å². The molecule has 0 amide bonds. The molecule has 6 atom stereocenters. The van der Waals surface area contributed by atoms with Crippen molar-refractivity contribution in [1.29, 1.82) is 0 Å². The highest BCUT2D eigenvalue weighted by Gasteiger charge is 2.67. The number of hydrogen-bond donors (Lipinski definition) is 6.